The van der Waals surface area contributed by atoms with E-state index >= 15 is 0 Å². The van der Waals surface area contributed by atoms with Crippen LogP contribution >= 0.6 is 0 Å². The van der Waals surface area contributed by atoms with Crippen LogP contribution in [0.3, 0.4) is 0 Å². The SMILES string of the molecule is CC(CN)CNc1ncc[nH]c1=O. The number of nitrogens with zero attached hydrogens (tertiary/aromatic N) is 1. The zero-order valence-corrected chi connectivity index (χ0v) is 7.58. The van der Waals surface area contributed by atoms with Crippen molar-refractivity contribution >= 4 is 5.82 Å². The van der Waals surface area contributed by atoms with E-state index in [-0.39, 0.29) is 5.56 Å². The largest absolute Gasteiger partial charge is 0.365 e. The Hall–Kier alpha value is -1.36. The second kappa shape index (κ2) is 4.61. The molecule has 1 atom stereocenters. The number of rotatable bonds is 4. The highest BCUT2D eigenvalue weighted by molar-refractivity contribution is 5.29. The molecule has 72 valence electrons. The van der Waals surface area contributed by atoms with Crippen LogP contribution in [-0.4, -0.2) is 23.1 Å². The molecule has 1 rings (SSSR count). The monoisotopic (exact) mass is 182 g/mol. The van der Waals surface area contributed by atoms with Gasteiger partial charge in [-0.3, -0.25) is 4.79 Å². The molecule has 1 heterocycles. The number of hydrogen-bond acceptors (Lipinski definition) is 4. The second-order valence-corrected chi connectivity index (χ2v) is 2.99. The van der Waals surface area contributed by atoms with Gasteiger partial charge in [0, 0.05) is 18.9 Å². The molecule has 0 aliphatic carbocycles. The van der Waals surface area contributed by atoms with Crippen molar-refractivity contribution in [1.82, 2.24) is 9.97 Å². The third kappa shape index (κ3) is 2.87. The molecule has 13 heavy (non-hydrogen) atoms. The first-order valence-corrected chi connectivity index (χ1v) is 4.21. The van der Waals surface area contributed by atoms with Gasteiger partial charge < -0.3 is 16.0 Å². The minimum atomic E-state index is -0.202. The van der Waals surface area contributed by atoms with Gasteiger partial charge in [0.2, 0.25) is 0 Å². The fourth-order valence-electron chi connectivity index (χ4n) is 0.832. The Kier molecular flexibility index (Phi) is 3.45. The third-order valence-electron chi connectivity index (χ3n) is 1.73. The Morgan fingerprint density at radius 2 is 2.54 bits per heavy atom. The Labute approximate surface area is 76.4 Å². The van der Waals surface area contributed by atoms with Gasteiger partial charge >= 0.3 is 0 Å². The van der Waals surface area contributed by atoms with Crippen molar-refractivity contribution in [2.45, 2.75) is 6.92 Å². The summed E-state index contributed by atoms with van der Waals surface area (Å²) in [5.74, 6) is 0.684. The molecule has 0 radical (unpaired) electrons. The maximum atomic E-state index is 11.1. The highest BCUT2D eigenvalue weighted by atomic mass is 16.1. The Morgan fingerprint density at radius 1 is 1.77 bits per heavy atom. The van der Waals surface area contributed by atoms with Gasteiger partial charge in [0.25, 0.3) is 5.56 Å². The molecule has 0 aliphatic rings. The Bertz CT molecular complexity index is 309. The molecular weight excluding hydrogens is 168 g/mol. The lowest BCUT2D eigenvalue weighted by atomic mass is 10.2. The van der Waals surface area contributed by atoms with Crippen LogP contribution in [0.25, 0.3) is 0 Å². The molecular formula is C8H14N4O. The van der Waals surface area contributed by atoms with Crippen molar-refractivity contribution in [2.75, 3.05) is 18.4 Å². The smallest absolute Gasteiger partial charge is 0.290 e. The highest BCUT2D eigenvalue weighted by Gasteiger charge is 2.01. The maximum absolute atomic E-state index is 11.1. The van der Waals surface area contributed by atoms with Gasteiger partial charge in [0.15, 0.2) is 5.82 Å². The Morgan fingerprint density at radius 3 is 3.15 bits per heavy atom. The van der Waals surface area contributed by atoms with Crippen LogP contribution in [0.1, 0.15) is 6.92 Å². The van der Waals surface area contributed by atoms with E-state index in [4.69, 9.17) is 5.73 Å². The predicted octanol–water partition coefficient (Wildman–Crippen LogP) is -0.223. The van der Waals surface area contributed by atoms with Crippen LogP contribution in [0.2, 0.25) is 0 Å². The summed E-state index contributed by atoms with van der Waals surface area (Å²) in [5, 5.41) is 2.93. The van der Waals surface area contributed by atoms with Gasteiger partial charge in [0.05, 0.1) is 0 Å². The van der Waals surface area contributed by atoms with Crippen molar-refractivity contribution in [3.63, 3.8) is 0 Å². The zero-order valence-electron chi connectivity index (χ0n) is 7.58. The van der Waals surface area contributed by atoms with E-state index in [0.717, 1.165) is 0 Å². The average Bonchev–Trinajstić information content (AvgIpc) is 2.16. The summed E-state index contributed by atoms with van der Waals surface area (Å²) in [6, 6.07) is 0. The normalized spacial score (nSPS) is 12.5. The third-order valence-corrected chi connectivity index (χ3v) is 1.73. The predicted molar refractivity (Wildman–Crippen MR) is 51.6 cm³/mol. The topological polar surface area (TPSA) is 83.8 Å². The second-order valence-electron chi connectivity index (χ2n) is 2.99. The fraction of sp³-hybridized carbons (Fsp3) is 0.500. The van der Waals surface area contributed by atoms with Crippen molar-refractivity contribution in [3.8, 4) is 0 Å². The molecule has 1 unspecified atom stereocenters. The molecule has 0 spiro atoms. The first-order chi connectivity index (χ1) is 6.24. The number of aromatic nitrogens is 2. The molecule has 5 nitrogen and oxygen atoms in total. The van der Waals surface area contributed by atoms with Crippen LogP contribution in [-0.2, 0) is 0 Å². The lowest BCUT2D eigenvalue weighted by Gasteiger charge is -2.08. The molecule has 0 aliphatic heterocycles. The standard InChI is InChI=1S/C8H14N4O/c1-6(4-9)5-12-7-8(13)11-3-2-10-7/h2-3,6H,4-5,9H2,1H3,(H,10,12)(H,11,13). The van der Waals surface area contributed by atoms with Crippen molar-refractivity contribution in [2.24, 2.45) is 11.7 Å². The Balaban J connectivity index is 2.55. The van der Waals surface area contributed by atoms with Gasteiger partial charge in [-0.1, -0.05) is 6.92 Å². The summed E-state index contributed by atoms with van der Waals surface area (Å²) in [5.41, 5.74) is 5.23. The number of hydrogen-bond donors (Lipinski definition) is 3. The molecule has 1 aromatic rings. The quantitative estimate of drug-likeness (QED) is 0.601. The van der Waals surface area contributed by atoms with Gasteiger partial charge in [-0.2, -0.15) is 0 Å². The molecule has 4 N–H and O–H groups in total. The number of anilines is 1. The molecule has 1 aromatic heterocycles. The number of nitrogens with two attached hydrogens (primary N) is 1. The lowest BCUT2D eigenvalue weighted by Crippen LogP contribution is -2.23. The van der Waals surface area contributed by atoms with E-state index in [1.165, 1.54) is 12.4 Å². The van der Waals surface area contributed by atoms with E-state index in [2.05, 4.69) is 15.3 Å². The maximum Gasteiger partial charge on any atom is 0.290 e. The van der Waals surface area contributed by atoms with E-state index in [9.17, 15) is 4.79 Å². The van der Waals surface area contributed by atoms with Crippen LogP contribution in [0, 0.1) is 5.92 Å². The molecule has 0 saturated carbocycles. The number of aromatic amines is 1. The zero-order chi connectivity index (χ0) is 9.68. The summed E-state index contributed by atoms with van der Waals surface area (Å²) in [6.45, 7) is 3.26. The van der Waals surface area contributed by atoms with Gasteiger partial charge in [0.1, 0.15) is 0 Å². The molecule has 0 amide bonds. The summed E-state index contributed by atoms with van der Waals surface area (Å²) < 4.78 is 0. The minimum Gasteiger partial charge on any atom is -0.365 e. The van der Waals surface area contributed by atoms with Crippen LogP contribution in [0.5, 0.6) is 0 Å². The van der Waals surface area contributed by atoms with E-state index in [1.54, 1.807) is 0 Å². The van der Waals surface area contributed by atoms with E-state index < -0.39 is 0 Å². The summed E-state index contributed by atoms with van der Waals surface area (Å²) in [7, 11) is 0. The molecule has 0 saturated heterocycles. The summed E-state index contributed by atoms with van der Waals surface area (Å²) in [6.07, 6.45) is 3.04. The first-order valence-electron chi connectivity index (χ1n) is 4.21. The van der Waals surface area contributed by atoms with E-state index in [0.29, 0.717) is 24.8 Å². The van der Waals surface area contributed by atoms with E-state index in [1.807, 2.05) is 6.92 Å². The molecule has 0 bridgehead atoms. The van der Waals surface area contributed by atoms with Crippen LogP contribution in [0.15, 0.2) is 17.2 Å². The summed E-state index contributed by atoms with van der Waals surface area (Å²) in [4.78, 5) is 17.5. The lowest BCUT2D eigenvalue weighted by molar-refractivity contribution is 0.626. The summed E-state index contributed by atoms with van der Waals surface area (Å²) >= 11 is 0. The van der Waals surface area contributed by atoms with Crippen LogP contribution in [0.4, 0.5) is 5.82 Å². The highest BCUT2D eigenvalue weighted by Crippen LogP contribution is 1.94. The molecule has 5 heteroatoms. The van der Waals surface area contributed by atoms with Gasteiger partial charge in [-0.05, 0) is 12.5 Å². The van der Waals surface area contributed by atoms with Crippen LogP contribution < -0.4 is 16.6 Å². The van der Waals surface area contributed by atoms with Crippen molar-refractivity contribution in [1.29, 1.82) is 0 Å². The molecule has 0 fully saturated rings. The minimum absolute atomic E-state index is 0.202. The average molecular weight is 182 g/mol. The van der Waals surface area contributed by atoms with Crippen molar-refractivity contribution in [3.05, 3.63) is 22.7 Å². The number of nitrogens with one attached hydrogen (secondary N) is 2. The number of H-pyrrole nitrogens is 1. The molecule has 0 aromatic carbocycles. The van der Waals surface area contributed by atoms with Gasteiger partial charge in [-0.25, -0.2) is 4.98 Å². The van der Waals surface area contributed by atoms with Crippen molar-refractivity contribution < 1.29 is 0 Å². The van der Waals surface area contributed by atoms with Gasteiger partial charge in [-0.15, -0.1) is 0 Å². The first kappa shape index (κ1) is 9.73. The fourth-order valence-corrected chi connectivity index (χ4v) is 0.832.